The van der Waals surface area contributed by atoms with E-state index < -0.39 is 17.0 Å². The van der Waals surface area contributed by atoms with Crippen molar-refractivity contribution < 1.29 is 22.1 Å². The van der Waals surface area contributed by atoms with Gasteiger partial charge in [-0.2, -0.15) is 0 Å². The molecule has 0 aliphatic heterocycles. The van der Waals surface area contributed by atoms with Crippen LogP contribution in [0.2, 0.25) is 0 Å². The van der Waals surface area contributed by atoms with Gasteiger partial charge in [0.05, 0.1) is 0 Å². The SMILES string of the molecule is CC1=CC2CC(c3ccccc3-c3cc(C(C)(C)C)cc(C(C)(C)C)c3O)CC2C=C1C.[CH3-].[Cl][Ti][Cl]. The number of halogens is 2. The van der Waals surface area contributed by atoms with E-state index in [-0.39, 0.29) is 18.3 Å². The van der Waals surface area contributed by atoms with E-state index in [1.807, 2.05) is 0 Å². The molecule has 1 saturated carbocycles. The fraction of sp³-hybridized carbons (Fsp3) is 0.469. The average Bonchev–Trinajstić information content (AvgIpc) is 3.15. The van der Waals surface area contributed by atoms with Gasteiger partial charge in [-0.05, 0) is 78.0 Å². The molecular formula is C32H43Cl2OTi-. The molecule has 2 aliphatic rings. The zero-order chi connectivity index (χ0) is 26.1. The summed E-state index contributed by atoms with van der Waals surface area (Å²) in [6.45, 7) is 17.8. The number of allylic oxidation sites excluding steroid dienone is 4. The van der Waals surface area contributed by atoms with E-state index in [0.29, 0.717) is 23.5 Å². The molecule has 2 aliphatic carbocycles. The molecule has 1 N–H and O–H groups in total. The molecule has 2 unspecified atom stereocenters. The third kappa shape index (κ3) is 6.90. The number of phenols is 1. The van der Waals surface area contributed by atoms with Crippen LogP contribution in [0.3, 0.4) is 0 Å². The number of phenolic OH excluding ortho intramolecular Hbond substituents is 1. The third-order valence-corrected chi connectivity index (χ3v) is 7.69. The summed E-state index contributed by atoms with van der Waals surface area (Å²) < 4.78 is 0. The Bertz CT molecular complexity index is 1090. The summed E-state index contributed by atoms with van der Waals surface area (Å²) in [6.07, 6.45) is 7.37. The zero-order valence-electron chi connectivity index (χ0n) is 23.5. The normalized spacial score (nSPS) is 21.3. The first-order valence-corrected chi connectivity index (χ1v) is 16.9. The van der Waals surface area contributed by atoms with Crippen LogP contribution in [-0.2, 0) is 27.9 Å². The summed E-state index contributed by atoms with van der Waals surface area (Å²) in [6, 6.07) is 13.2. The van der Waals surface area contributed by atoms with E-state index in [4.69, 9.17) is 18.6 Å². The van der Waals surface area contributed by atoms with Crippen molar-refractivity contribution in [3.63, 3.8) is 0 Å². The quantitative estimate of drug-likeness (QED) is 0.285. The third-order valence-electron chi connectivity index (χ3n) is 7.69. The molecule has 0 bridgehead atoms. The molecule has 2 atom stereocenters. The fourth-order valence-electron chi connectivity index (χ4n) is 5.59. The Morgan fingerprint density at radius 2 is 1.31 bits per heavy atom. The predicted octanol–water partition coefficient (Wildman–Crippen LogP) is 10.5. The van der Waals surface area contributed by atoms with Crippen LogP contribution in [0.15, 0.2) is 59.7 Å². The first-order chi connectivity index (χ1) is 16.3. The van der Waals surface area contributed by atoms with Crippen LogP contribution in [0.25, 0.3) is 11.1 Å². The number of benzene rings is 2. The van der Waals surface area contributed by atoms with Crippen LogP contribution in [0.4, 0.5) is 0 Å². The van der Waals surface area contributed by atoms with Crippen molar-refractivity contribution in [1.29, 1.82) is 0 Å². The fourth-order valence-corrected chi connectivity index (χ4v) is 5.59. The zero-order valence-corrected chi connectivity index (χ0v) is 26.5. The molecule has 4 rings (SSSR count). The van der Waals surface area contributed by atoms with Crippen LogP contribution >= 0.6 is 18.6 Å². The Hall–Kier alpha value is -0.986. The van der Waals surface area contributed by atoms with Crippen LogP contribution in [0, 0.1) is 19.3 Å². The van der Waals surface area contributed by atoms with Crippen molar-refractivity contribution in [2.24, 2.45) is 11.8 Å². The average molecular weight is 562 g/mol. The van der Waals surface area contributed by atoms with Gasteiger partial charge in [-0.15, -0.1) is 0 Å². The van der Waals surface area contributed by atoms with E-state index in [9.17, 15) is 5.11 Å². The van der Waals surface area contributed by atoms with Gasteiger partial charge in [-0.1, -0.05) is 95.2 Å². The van der Waals surface area contributed by atoms with Gasteiger partial charge < -0.3 is 12.5 Å². The monoisotopic (exact) mass is 561 g/mol. The standard InChI is InChI=1S/C31H40O.CH3.2ClH.Ti/c1-19-13-21-15-23(16-22(21)14-20(19)2)25-11-9-10-12-26(25)27-17-24(30(3,4)5)18-28(29(27)32)31(6,7)8;;;;/h9-14,17-18,21-23,32H,15-16H2,1-8H3;1H3;2*1H;/q;-1;;;+2/p-2. The molecule has 2 aromatic carbocycles. The van der Waals surface area contributed by atoms with Gasteiger partial charge in [0.25, 0.3) is 0 Å². The molecule has 36 heavy (non-hydrogen) atoms. The molecule has 4 heteroatoms. The molecule has 1 fully saturated rings. The Kier molecular flexibility index (Phi) is 10.6. The van der Waals surface area contributed by atoms with Gasteiger partial charge in [0.2, 0.25) is 0 Å². The Labute approximate surface area is 237 Å². The van der Waals surface area contributed by atoms with Gasteiger partial charge in [-0.3, -0.25) is 0 Å². The molecule has 2 aromatic rings. The first kappa shape index (κ1) is 31.2. The summed E-state index contributed by atoms with van der Waals surface area (Å²) in [5.74, 6) is 2.23. The van der Waals surface area contributed by atoms with Crippen LogP contribution in [0.1, 0.15) is 90.8 Å². The van der Waals surface area contributed by atoms with Gasteiger partial charge >= 0.3 is 35.6 Å². The molecule has 0 heterocycles. The Balaban J connectivity index is 0.00000109. The summed E-state index contributed by atoms with van der Waals surface area (Å²) in [5, 5.41) is 11.5. The van der Waals surface area contributed by atoms with E-state index in [1.165, 1.54) is 40.7 Å². The predicted molar refractivity (Wildman–Crippen MR) is 156 cm³/mol. The van der Waals surface area contributed by atoms with Gasteiger partial charge in [-0.25, -0.2) is 0 Å². The van der Waals surface area contributed by atoms with Crippen molar-refractivity contribution in [3.05, 3.63) is 83.8 Å². The second kappa shape index (κ2) is 12.2. The van der Waals surface area contributed by atoms with Crippen molar-refractivity contribution in [1.82, 2.24) is 0 Å². The maximum absolute atomic E-state index is 11.5. The number of aromatic hydroxyl groups is 1. The van der Waals surface area contributed by atoms with E-state index >= 15 is 0 Å². The number of fused-ring (bicyclic) bond motifs is 1. The van der Waals surface area contributed by atoms with Crippen LogP contribution < -0.4 is 0 Å². The van der Waals surface area contributed by atoms with Crippen LogP contribution in [0.5, 0.6) is 5.75 Å². The van der Waals surface area contributed by atoms with E-state index in [0.717, 1.165) is 11.1 Å². The summed E-state index contributed by atoms with van der Waals surface area (Å²) in [4.78, 5) is 0. The van der Waals surface area contributed by atoms with Crippen molar-refractivity contribution in [2.45, 2.75) is 85.0 Å². The molecule has 1 nitrogen and oxygen atoms in total. The summed E-state index contributed by atoms with van der Waals surface area (Å²) >= 11 is -0.556. The molecular weight excluding hydrogens is 519 g/mol. The Morgan fingerprint density at radius 1 is 0.806 bits per heavy atom. The molecule has 0 aromatic heterocycles. The van der Waals surface area contributed by atoms with Gasteiger partial charge in [0, 0.05) is 11.1 Å². The second-order valence-corrected chi connectivity index (χ2v) is 14.9. The van der Waals surface area contributed by atoms with Crippen molar-refractivity contribution in [2.75, 3.05) is 0 Å². The van der Waals surface area contributed by atoms with Gasteiger partial charge in [0.1, 0.15) is 5.75 Å². The number of hydrogen-bond acceptors (Lipinski definition) is 1. The maximum atomic E-state index is 11.5. The summed E-state index contributed by atoms with van der Waals surface area (Å²) in [7, 11) is 9.78. The van der Waals surface area contributed by atoms with Crippen LogP contribution in [-0.4, -0.2) is 5.11 Å². The molecule has 0 spiro atoms. The molecule has 0 saturated heterocycles. The number of hydrogen-bond donors (Lipinski definition) is 1. The molecule has 0 amide bonds. The second-order valence-electron chi connectivity index (χ2n) is 12.3. The van der Waals surface area contributed by atoms with E-state index in [1.54, 1.807) is 0 Å². The van der Waals surface area contributed by atoms with Crippen molar-refractivity contribution >= 4 is 18.6 Å². The van der Waals surface area contributed by atoms with Crippen molar-refractivity contribution in [3.8, 4) is 16.9 Å². The summed E-state index contributed by atoms with van der Waals surface area (Å²) in [5.41, 5.74) is 8.66. The molecule has 0 radical (unpaired) electrons. The van der Waals surface area contributed by atoms with Gasteiger partial charge in [0.15, 0.2) is 0 Å². The Morgan fingerprint density at radius 3 is 1.78 bits per heavy atom. The minimum absolute atomic E-state index is 0. The van der Waals surface area contributed by atoms with E-state index in [2.05, 4.69) is 104 Å². The first-order valence-electron chi connectivity index (χ1n) is 12.6. The number of rotatable bonds is 2. The minimum atomic E-state index is -0.556. The topological polar surface area (TPSA) is 20.2 Å². The molecule has 196 valence electrons.